The fraction of sp³-hybridized carbons (Fsp3) is 0.381. The second-order valence-corrected chi connectivity index (χ2v) is 5.74. The Kier molecular flexibility index (Phi) is 10.2. The van der Waals surface area contributed by atoms with Gasteiger partial charge in [-0.15, -0.1) is 0 Å². The quantitative estimate of drug-likeness (QED) is 0.342. The molecule has 0 amide bonds. The average Bonchev–Trinajstić information content (AvgIpc) is 2.81. The summed E-state index contributed by atoms with van der Waals surface area (Å²) in [6.07, 6.45) is 14.9. The molecule has 0 aromatic rings. The van der Waals surface area contributed by atoms with Crippen LogP contribution in [0.1, 0.15) is 26.7 Å². The molecule has 0 bridgehead atoms. The molecule has 0 aromatic carbocycles. The Bertz CT molecular complexity index is 594. The van der Waals surface area contributed by atoms with Gasteiger partial charge in [-0.2, -0.15) is 0 Å². The SMILES string of the molecule is C=C/C=C(\C=C/C)C(CCNCC)C1=CC(CO)=CC=C(OC=O)C1. The molecule has 1 atom stereocenters. The highest BCUT2D eigenvalue weighted by atomic mass is 16.5. The van der Waals surface area contributed by atoms with Crippen molar-refractivity contribution in [2.24, 2.45) is 5.92 Å². The summed E-state index contributed by atoms with van der Waals surface area (Å²) in [5.41, 5.74) is 3.05. The van der Waals surface area contributed by atoms with Crippen molar-refractivity contribution in [1.29, 1.82) is 0 Å². The van der Waals surface area contributed by atoms with Crippen LogP contribution >= 0.6 is 0 Å². The maximum absolute atomic E-state index is 10.8. The van der Waals surface area contributed by atoms with Gasteiger partial charge in [0.15, 0.2) is 0 Å². The van der Waals surface area contributed by atoms with Crippen LogP contribution in [0.3, 0.4) is 0 Å². The molecule has 2 N–H and O–H groups in total. The number of hydrogen-bond acceptors (Lipinski definition) is 4. The van der Waals surface area contributed by atoms with Gasteiger partial charge in [-0.05, 0) is 43.7 Å². The highest BCUT2D eigenvalue weighted by Crippen LogP contribution is 2.32. The number of allylic oxidation sites excluding steroid dienone is 8. The van der Waals surface area contributed by atoms with Gasteiger partial charge < -0.3 is 15.2 Å². The van der Waals surface area contributed by atoms with Crippen LogP contribution in [0, 0.1) is 5.92 Å². The molecule has 0 saturated carbocycles. The molecule has 0 fully saturated rings. The van der Waals surface area contributed by atoms with E-state index in [0.29, 0.717) is 18.7 Å². The Morgan fingerprint density at radius 2 is 2.28 bits per heavy atom. The molecule has 1 unspecified atom stereocenters. The Hall–Kier alpha value is -2.17. The summed E-state index contributed by atoms with van der Waals surface area (Å²) >= 11 is 0. The maximum Gasteiger partial charge on any atom is 0.298 e. The van der Waals surface area contributed by atoms with Crippen LogP contribution in [0.4, 0.5) is 0 Å². The number of rotatable bonds is 11. The van der Waals surface area contributed by atoms with Crippen LogP contribution in [0.5, 0.6) is 0 Å². The molecule has 1 aliphatic carbocycles. The summed E-state index contributed by atoms with van der Waals surface area (Å²) in [5, 5.41) is 12.9. The zero-order valence-corrected chi connectivity index (χ0v) is 15.2. The largest absolute Gasteiger partial charge is 0.433 e. The number of aliphatic hydroxyl groups is 1. The van der Waals surface area contributed by atoms with Crippen LogP contribution < -0.4 is 5.32 Å². The number of hydrogen-bond donors (Lipinski definition) is 2. The molecule has 0 heterocycles. The standard InChI is InChI=1S/C21H29NO3/c1-4-7-18(8-5-2)21(11-12-22-6-3)19-13-17(15-23)9-10-20(14-19)25-16-24/h4-5,7-10,13,16,21-23H,1,6,11-12,14-15H2,2-3H3/b8-5-,18-7+. The van der Waals surface area contributed by atoms with E-state index in [2.05, 4.69) is 24.9 Å². The number of nitrogens with one attached hydrogen (secondary N) is 1. The monoisotopic (exact) mass is 343 g/mol. The zero-order valence-electron chi connectivity index (χ0n) is 15.2. The molecule has 136 valence electrons. The Balaban J connectivity index is 3.24. The second kappa shape index (κ2) is 12.2. The first-order valence-corrected chi connectivity index (χ1v) is 8.67. The lowest BCUT2D eigenvalue weighted by molar-refractivity contribution is -0.125. The van der Waals surface area contributed by atoms with Crippen molar-refractivity contribution in [2.75, 3.05) is 19.7 Å². The van der Waals surface area contributed by atoms with Gasteiger partial charge in [-0.1, -0.05) is 55.5 Å². The minimum Gasteiger partial charge on any atom is -0.433 e. The van der Waals surface area contributed by atoms with E-state index in [0.717, 1.165) is 36.2 Å². The molecular weight excluding hydrogens is 314 g/mol. The minimum absolute atomic E-state index is 0.0571. The highest BCUT2D eigenvalue weighted by molar-refractivity contribution is 5.45. The third-order valence-electron chi connectivity index (χ3n) is 3.99. The first-order chi connectivity index (χ1) is 12.2. The summed E-state index contributed by atoms with van der Waals surface area (Å²) in [6.45, 7) is 10.1. The smallest absolute Gasteiger partial charge is 0.298 e. The lowest BCUT2D eigenvalue weighted by atomic mass is 9.84. The van der Waals surface area contributed by atoms with Gasteiger partial charge in [0.2, 0.25) is 0 Å². The van der Waals surface area contributed by atoms with Crippen LogP contribution in [0.15, 0.2) is 71.6 Å². The predicted molar refractivity (Wildman–Crippen MR) is 103 cm³/mol. The van der Waals surface area contributed by atoms with Gasteiger partial charge in [0.1, 0.15) is 5.76 Å². The number of carbonyl (C=O) groups is 1. The van der Waals surface area contributed by atoms with Gasteiger partial charge >= 0.3 is 0 Å². The fourth-order valence-electron chi connectivity index (χ4n) is 2.87. The minimum atomic E-state index is -0.0571. The van der Waals surface area contributed by atoms with Gasteiger partial charge in [-0.3, -0.25) is 4.79 Å². The third-order valence-corrected chi connectivity index (χ3v) is 3.99. The first kappa shape index (κ1) is 20.9. The van der Waals surface area contributed by atoms with E-state index in [9.17, 15) is 9.90 Å². The lowest BCUT2D eigenvalue weighted by Crippen LogP contribution is -2.20. The average molecular weight is 343 g/mol. The summed E-state index contributed by atoms with van der Waals surface area (Å²) in [6, 6.07) is 0. The Morgan fingerprint density at radius 1 is 1.48 bits per heavy atom. The summed E-state index contributed by atoms with van der Waals surface area (Å²) in [7, 11) is 0. The fourth-order valence-corrected chi connectivity index (χ4v) is 2.87. The van der Waals surface area contributed by atoms with Crippen molar-refractivity contribution < 1.29 is 14.6 Å². The molecule has 25 heavy (non-hydrogen) atoms. The molecular formula is C21H29NO3. The van der Waals surface area contributed by atoms with Gasteiger partial charge in [0.05, 0.1) is 6.61 Å². The topological polar surface area (TPSA) is 58.6 Å². The molecule has 4 nitrogen and oxygen atoms in total. The second-order valence-electron chi connectivity index (χ2n) is 5.74. The molecule has 1 rings (SSSR count). The number of ether oxygens (including phenoxy) is 1. The van der Waals surface area contributed by atoms with Crippen LogP contribution in [-0.4, -0.2) is 31.3 Å². The van der Waals surface area contributed by atoms with E-state index < -0.39 is 0 Å². The molecule has 4 heteroatoms. The van der Waals surface area contributed by atoms with Crippen molar-refractivity contribution in [3.8, 4) is 0 Å². The third kappa shape index (κ3) is 7.08. The van der Waals surface area contributed by atoms with Gasteiger partial charge in [0.25, 0.3) is 6.47 Å². The van der Waals surface area contributed by atoms with Crippen molar-refractivity contribution in [3.63, 3.8) is 0 Å². The van der Waals surface area contributed by atoms with Crippen molar-refractivity contribution >= 4 is 6.47 Å². The Morgan fingerprint density at radius 3 is 2.88 bits per heavy atom. The normalized spacial score (nSPS) is 16.6. The summed E-state index contributed by atoms with van der Waals surface area (Å²) in [4.78, 5) is 10.8. The summed E-state index contributed by atoms with van der Waals surface area (Å²) < 4.78 is 5.10. The van der Waals surface area contributed by atoms with Crippen LogP contribution in [0.25, 0.3) is 0 Å². The molecule has 0 saturated heterocycles. The van der Waals surface area contributed by atoms with Crippen molar-refractivity contribution in [1.82, 2.24) is 5.32 Å². The van der Waals surface area contributed by atoms with E-state index in [1.807, 2.05) is 25.2 Å². The van der Waals surface area contributed by atoms with Crippen molar-refractivity contribution in [3.05, 3.63) is 71.6 Å². The molecule has 0 spiro atoms. The summed E-state index contributed by atoms with van der Waals surface area (Å²) in [5.74, 6) is 0.719. The van der Waals surface area contributed by atoms with E-state index in [1.54, 1.807) is 18.2 Å². The highest BCUT2D eigenvalue weighted by Gasteiger charge is 2.20. The molecule has 0 radical (unpaired) electrons. The lowest BCUT2D eigenvalue weighted by Gasteiger charge is -2.23. The molecule has 0 aliphatic heterocycles. The zero-order chi connectivity index (χ0) is 18.5. The van der Waals surface area contributed by atoms with Gasteiger partial charge in [0, 0.05) is 12.3 Å². The van der Waals surface area contributed by atoms with Crippen LogP contribution in [-0.2, 0) is 9.53 Å². The van der Waals surface area contributed by atoms with Gasteiger partial charge in [-0.25, -0.2) is 0 Å². The van der Waals surface area contributed by atoms with E-state index >= 15 is 0 Å². The maximum atomic E-state index is 10.8. The Labute approximate surface area is 151 Å². The first-order valence-electron chi connectivity index (χ1n) is 8.67. The van der Waals surface area contributed by atoms with E-state index in [-0.39, 0.29) is 12.5 Å². The predicted octanol–water partition coefficient (Wildman–Crippen LogP) is 3.60. The molecule has 0 aromatic heterocycles. The van der Waals surface area contributed by atoms with Crippen molar-refractivity contribution in [2.45, 2.75) is 26.7 Å². The van der Waals surface area contributed by atoms with E-state index in [1.165, 1.54) is 0 Å². The van der Waals surface area contributed by atoms with Crippen LogP contribution in [0.2, 0.25) is 0 Å². The molecule has 1 aliphatic rings. The number of aliphatic hydroxyl groups excluding tert-OH is 1. The number of carbonyl (C=O) groups excluding carboxylic acids is 1. The van der Waals surface area contributed by atoms with E-state index in [4.69, 9.17) is 4.74 Å².